The van der Waals surface area contributed by atoms with Crippen LogP contribution in [-0.2, 0) is 6.42 Å². The lowest BCUT2D eigenvalue weighted by Crippen LogP contribution is -2.18. The summed E-state index contributed by atoms with van der Waals surface area (Å²) in [5, 5.41) is 5.78. The topological polar surface area (TPSA) is 71.1 Å². The number of anilines is 2. The highest BCUT2D eigenvalue weighted by Crippen LogP contribution is 2.22. The Bertz CT molecular complexity index is 1030. The predicted molar refractivity (Wildman–Crippen MR) is 112 cm³/mol. The standard InChI is InChI=1S/C23H23N3O2/c1-4-17-9-6-8-16(3)21(17)26-23(28)20-14-18(11-12-24-20)22(27)25-19-10-5-7-15(2)13-19/h5-14H,4H2,1-3H3,(H,25,27)(H,26,28). The lowest BCUT2D eigenvalue weighted by molar-refractivity contribution is 0.102. The van der Waals surface area contributed by atoms with Crippen molar-refractivity contribution < 1.29 is 9.59 Å². The van der Waals surface area contributed by atoms with Gasteiger partial charge in [-0.3, -0.25) is 14.6 Å². The van der Waals surface area contributed by atoms with Gasteiger partial charge in [-0.2, -0.15) is 0 Å². The Kier molecular flexibility index (Phi) is 5.84. The van der Waals surface area contributed by atoms with Crippen LogP contribution in [-0.4, -0.2) is 16.8 Å². The van der Waals surface area contributed by atoms with Crippen molar-refractivity contribution in [3.8, 4) is 0 Å². The number of amides is 2. The predicted octanol–water partition coefficient (Wildman–Crippen LogP) is 4.77. The summed E-state index contributed by atoms with van der Waals surface area (Å²) in [5.41, 5.74) is 5.18. The average Bonchev–Trinajstić information content (AvgIpc) is 2.69. The Hall–Kier alpha value is -3.47. The number of carbonyl (C=O) groups is 2. The lowest BCUT2D eigenvalue weighted by Gasteiger charge is -2.13. The third-order valence-electron chi connectivity index (χ3n) is 4.51. The number of pyridine rings is 1. The molecule has 2 aromatic carbocycles. The summed E-state index contributed by atoms with van der Waals surface area (Å²) in [6, 6.07) is 16.6. The SMILES string of the molecule is CCc1cccc(C)c1NC(=O)c1cc(C(=O)Nc2cccc(C)c2)ccn1. The van der Waals surface area contributed by atoms with Crippen LogP contribution >= 0.6 is 0 Å². The third kappa shape index (κ3) is 4.43. The summed E-state index contributed by atoms with van der Waals surface area (Å²) in [6.07, 6.45) is 2.28. The first kappa shape index (κ1) is 19.3. The fourth-order valence-electron chi connectivity index (χ4n) is 3.00. The van der Waals surface area contributed by atoms with Gasteiger partial charge in [-0.05, 0) is 61.2 Å². The maximum atomic E-state index is 12.7. The molecule has 142 valence electrons. The van der Waals surface area contributed by atoms with Crippen LogP contribution in [0.1, 0.15) is 44.5 Å². The van der Waals surface area contributed by atoms with Gasteiger partial charge in [0.1, 0.15) is 5.69 Å². The summed E-state index contributed by atoms with van der Waals surface area (Å²) in [7, 11) is 0. The Labute approximate surface area is 164 Å². The smallest absolute Gasteiger partial charge is 0.274 e. The molecule has 5 heteroatoms. The normalized spacial score (nSPS) is 10.4. The van der Waals surface area contributed by atoms with Crippen LogP contribution in [0.15, 0.2) is 60.8 Å². The van der Waals surface area contributed by atoms with Gasteiger partial charge in [-0.25, -0.2) is 0 Å². The van der Waals surface area contributed by atoms with Crippen molar-refractivity contribution in [3.63, 3.8) is 0 Å². The minimum Gasteiger partial charge on any atom is -0.322 e. The van der Waals surface area contributed by atoms with Crippen molar-refractivity contribution in [2.45, 2.75) is 27.2 Å². The zero-order valence-corrected chi connectivity index (χ0v) is 16.2. The molecule has 0 fully saturated rings. The Morgan fingerprint density at radius 1 is 0.929 bits per heavy atom. The summed E-state index contributed by atoms with van der Waals surface area (Å²) >= 11 is 0. The molecule has 1 heterocycles. The van der Waals surface area contributed by atoms with E-state index in [0.717, 1.165) is 28.8 Å². The van der Waals surface area contributed by atoms with Crippen LogP contribution in [0.2, 0.25) is 0 Å². The largest absolute Gasteiger partial charge is 0.322 e. The molecular formula is C23H23N3O2. The highest BCUT2D eigenvalue weighted by molar-refractivity contribution is 6.08. The average molecular weight is 373 g/mol. The Morgan fingerprint density at radius 2 is 1.71 bits per heavy atom. The van der Waals surface area contributed by atoms with E-state index in [2.05, 4.69) is 15.6 Å². The van der Waals surface area contributed by atoms with Crippen LogP contribution in [0.3, 0.4) is 0 Å². The second-order valence-electron chi connectivity index (χ2n) is 6.67. The monoisotopic (exact) mass is 373 g/mol. The van der Waals surface area contributed by atoms with Crippen LogP contribution in [0.4, 0.5) is 11.4 Å². The molecule has 0 unspecified atom stereocenters. The molecule has 3 rings (SSSR count). The molecule has 0 saturated heterocycles. The van der Waals surface area contributed by atoms with Gasteiger partial charge >= 0.3 is 0 Å². The number of nitrogens with one attached hydrogen (secondary N) is 2. The molecular weight excluding hydrogens is 350 g/mol. The van der Waals surface area contributed by atoms with Crippen LogP contribution in [0.5, 0.6) is 0 Å². The van der Waals surface area contributed by atoms with Crippen molar-refractivity contribution in [3.05, 3.63) is 88.7 Å². The minimum absolute atomic E-state index is 0.196. The number of aromatic nitrogens is 1. The van der Waals surface area contributed by atoms with E-state index >= 15 is 0 Å². The first-order valence-corrected chi connectivity index (χ1v) is 9.22. The van der Waals surface area contributed by atoms with Gasteiger partial charge in [-0.1, -0.05) is 37.3 Å². The zero-order valence-electron chi connectivity index (χ0n) is 16.2. The van der Waals surface area contributed by atoms with E-state index in [1.54, 1.807) is 6.07 Å². The van der Waals surface area contributed by atoms with E-state index in [9.17, 15) is 9.59 Å². The lowest BCUT2D eigenvalue weighted by atomic mass is 10.1. The molecule has 5 nitrogen and oxygen atoms in total. The van der Waals surface area contributed by atoms with Crippen molar-refractivity contribution >= 4 is 23.2 Å². The van der Waals surface area contributed by atoms with Gasteiger partial charge in [0.15, 0.2) is 0 Å². The van der Waals surface area contributed by atoms with Gasteiger partial charge in [0.05, 0.1) is 0 Å². The number of para-hydroxylation sites is 1. The van der Waals surface area contributed by atoms with E-state index in [-0.39, 0.29) is 17.5 Å². The molecule has 0 saturated carbocycles. The first-order valence-electron chi connectivity index (χ1n) is 9.22. The van der Waals surface area contributed by atoms with E-state index in [1.807, 2.05) is 63.2 Å². The molecule has 3 aromatic rings. The van der Waals surface area contributed by atoms with Crippen LogP contribution < -0.4 is 10.6 Å². The molecule has 28 heavy (non-hydrogen) atoms. The quantitative estimate of drug-likeness (QED) is 0.677. The number of aryl methyl sites for hydroxylation is 3. The fraction of sp³-hybridized carbons (Fsp3) is 0.174. The van der Waals surface area contributed by atoms with Crippen molar-refractivity contribution in [1.29, 1.82) is 0 Å². The molecule has 0 aliphatic rings. The number of rotatable bonds is 5. The van der Waals surface area contributed by atoms with Gasteiger partial charge in [0, 0.05) is 23.1 Å². The second kappa shape index (κ2) is 8.48. The van der Waals surface area contributed by atoms with Gasteiger partial charge in [0.2, 0.25) is 0 Å². The first-order chi connectivity index (χ1) is 13.5. The van der Waals surface area contributed by atoms with Crippen LogP contribution in [0.25, 0.3) is 0 Å². The molecule has 0 atom stereocenters. The second-order valence-corrected chi connectivity index (χ2v) is 6.67. The highest BCUT2D eigenvalue weighted by Gasteiger charge is 2.14. The van der Waals surface area contributed by atoms with E-state index in [0.29, 0.717) is 11.3 Å². The third-order valence-corrected chi connectivity index (χ3v) is 4.51. The Balaban J connectivity index is 1.79. The molecule has 0 bridgehead atoms. The van der Waals surface area contributed by atoms with Gasteiger partial charge < -0.3 is 10.6 Å². The van der Waals surface area contributed by atoms with Crippen LogP contribution in [0, 0.1) is 13.8 Å². The molecule has 0 aliphatic carbocycles. The van der Waals surface area contributed by atoms with E-state index < -0.39 is 0 Å². The zero-order chi connectivity index (χ0) is 20.1. The van der Waals surface area contributed by atoms with Gasteiger partial charge in [0.25, 0.3) is 11.8 Å². The molecule has 2 N–H and O–H groups in total. The maximum absolute atomic E-state index is 12.7. The number of benzene rings is 2. The molecule has 2 amide bonds. The maximum Gasteiger partial charge on any atom is 0.274 e. The Morgan fingerprint density at radius 3 is 2.46 bits per heavy atom. The van der Waals surface area contributed by atoms with Gasteiger partial charge in [-0.15, -0.1) is 0 Å². The highest BCUT2D eigenvalue weighted by atomic mass is 16.2. The summed E-state index contributed by atoms with van der Waals surface area (Å²) in [4.78, 5) is 29.4. The van der Waals surface area contributed by atoms with E-state index in [1.165, 1.54) is 12.3 Å². The minimum atomic E-state index is -0.339. The molecule has 0 aliphatic heterocycles. The number of nitrogens with zero attached hydrogens (tertiary/aromatic N) is 1. The summed E-state index contributed by atoms with van der Waals surface area (Å²) in [6.45, 7) is 5.95. The molecule has 1 aromatic heterocycles. The number of carbonyl (C=O) groups excluding carboxylic acids is 2. The summed E-state index contributed by atoms with van der Waals surface area (Å²) < 4.78 is 0. The molecule has 0 radical (unpaired) electrons. The number of hydrogen-bond acceptors (Lipinski definition) is 3. The molecule has 0 spiro atoms. The fourth-order valence-corrected chi connectivity index (χ4v) is 3.00. The van der Waals surface area contributed by atoms with Crippen molar-refractivity contribution in [2.75, 3.05) is 10.6 Å². The van der Waals surface area contributed by atoms with Crippen molar-refractivity contribution in [1.82, 2.24) is 4.98 Å². The number of hydrogen-bond donors (Lipinski definition) is 2. The summed E-state index contributed by atoms with van der Waals surface area (Å²) in [5.74, 6) is -0.624. The van der Waals surface area contributed by atoms with Crippen molar-refractivity contribution in [2.24, 2.45) is 0 Å². The van der Waals surface area contributed by atoms with E-state index in [4.69, 9.17) is 0 Å².